The molecule has 2 rings (SSSR count). The minimum atomic E-state index is 0.380. The quantitative estimate of drug-likeness (QED) is 0.758. The Bertz CT molecular complexity index is 275. The molecule has 98 valence electrons. The topological polar surface area (TPSA) is 15.3 Å². The van der Waals surface area contributed by atoms with Gasteiger partial charge in [-0.3, -0.25) is 0 Å². The fourth-order valence-corrected chi connectivity index (χ4v) is 2.86. The van der Waals surface area contributed by atoms with Crippen LogP contribution in [0.1, 0.15) is 46.5 Å². The summed E-state index contributed by atoms with van der Waals surface area (Å²) in [4.78, 5) is 2.64. The van der Waals surface area contributed by atoms with Crippen molar-refractivity contribution in [3.05, 3.63) is 11.6 Å². The summed E-state index contributed by atoms with van der Waals surface area (Å²) in [6.45, 7) is 11.9. The van der Waals surface area contributed by atoms with Crippen molar-refractivity contribution >= 4 is 0 Å². The molecule has 0 spiro atoms. The standard InChI is InChI=1S/C15H28N2/c1-15(2,3)14-12-17(11-9-16-14)10-8-13-6-4-5-7-13/h6,14,16H,4-5,7-12H2,1-3H3. The molecule has 1 aliphatic carbocycles. The number of nitrogens with one attached hydrogen (secondary N) is 1. The van der Waals surface area contributed by atoms with Crippen LogP contribution in [-0.2, 0) is 0 Å². The number of piperazine rings is 1. The molecule has 1 saturated heterocycles. The number of rotatable bonds is 3. The van der Waals surface area contributed by atoms with Crippen molar-refractivity contribution in [2.75, 3.05) is 26.2 Å². The smallest absolute Gasteiger partial charge is 0.0244 e. The molecule has 2 aliphatic rings. The van der Waals surface area contributed by atoms with E-state index in [1.54, 1.807) is 5.57 Å². The molecule has 1 aliphatic heterocycles. The lowest BCUT2D eigenvalue weighted by molar-refractivity contribution is 0.135. The first-order valence-electron chi connectivity index (χ1n) is 7.19. The second-order valence-electron chi connectivity index (χ2n) is 6.68. The van der Waals surface area contributed by atoms with Crippen LogP contribution < -0.4 is 5.32 Å². The summed E-state index contributed by atoms with van der Waals surface area (Å²) in [7, 11) is 0. The van der Waals surface area contributed by atoms with E-state index < -0.39 is 0 Å². The van der Waals surface area contributed by atoms with E-state index in [4.69, 9.17) is 0 Å². The van der Waals surface area contributed by atoms with Gasteiger partial charge in [0.05, 0.1) is 0 Å². The van der Waals surface area contributed by atoms with Gasteiger partial charge in [-0.25, -0.2) is 0 Å². The largest absolute Gasteiger partial charge is 0.311 e. The van der Waals surface area contributed by atoms with Gasteiger partial charge in [0.1, 0.15) is 0 Å². The summed E-state index contributed by atoms with van der Waals surface area (Å²) in [5.41, 5.74) is 2.08. The van der Waals surface area contributed by atoms with Crippen molar-refractivity contribution in [2.45, 2.75) is 52.5 Å². The van der Waals surface area contributed by atoms with E-state index in [1.807, 2.05) is 0 Å². The van der Waals surface area contributed by atoms with Crippen LogP contribution >= 0.6 is 0 Å². The van der Waals surface area contributed by atoms with Gasteiger partial charge in [0, 0.05) is 32.2 Å². The second kappa shape index (κ2) is 5.53. The Morgan fingerprint density at radius 2 is 2.24 bits per heavy atom. The van der Waals surface area contributed by atoms with Gasteiger partial charge in [0.25, 0.3) is 0 Å². The SMILES string of the molecule is CC(C)(C)C1CN(CCC2=CCCC2)CCN1. The summed E-state index contributed by atoms with van der Waals surface area (Å²) in [6.07, 6.45) is 7.83. The zero-order chi connectivity index (χ0) is 12.3. The maximum absolute atomic E-state index is 3.66. The van der Waals surface area contributed by atoms with Crippen LogP contribution in [0.25, 0.3) is 0 Å². The molecule has 0 aromatic heterocycles. The minimum Gasteiger partial charge on any atom is -0.311 e. The van der Waals surface area contributed by atoms with Crippen LogP contribution in [0.15, 0.2) is 11.6 Å². The molecule has 1 unspecified atom stereocenters. The van der Waals surface area contributed by atoms with E-state index in [0.29, 0.717) is 11.5 Å². The average Bonchev–Trinajstić information content (AvgIpc) is 2.78. The van der Waals surface area contributed by atoms with E-state index in [9.17, 15) is 0 Å². The zero-order valence-corrected chi connectivity index (χ0v) is 11.8. The van der Waals surface area contributed by atoms with Gasteiger partial charge in [0.2, 0.25) is 0 Å². The molecule has 1 fully saturated rings. The number of hydrogen-bond acceptors (Lipinski definition) is 2. The first-order chi connectivity index (χ1) is 8.05. The van der Waals surface area contributed by atoms with Gasteiger partial charge in [-0.15, -0.1) is 0 Å². The Morgan fingerprint density at radius 3 is 2.88 bits per heavy atom. The Labute approximate surface area is 106 Å². The van der Waals surface area contributed by atoms with Crippen molar-refractivity contribution in [1.82, 2.24) is 10.2 Å². The van der Waals surface area contributed by atoms with E-state index in [0.717, 1.165) is 6.54 Å². The van der Waals surface area contributed by atoms with Gasteiger partial charge >= 0.3 is 0 Å². The summed E-state index contributed by atoms with van der Waals surface area (Å²) in [5.74, 6) is 0. The first kappa shape index (κ1) is 13.1. The molecule has 0 aromatic rings. The van der Waals surface area contributed by atoms with Crippen molar-refractivity contribution in [3.63, 3.8) is 0 Å². The Balaban J connectivity index is 1.77. The normalized spacial score (nSPS) is 27.2. The maximum atomic E-state index is 3.66. The van der Waals surface area contributed by atoms with Gasteiger partial charge < -0.3 is 10.2 Å². The molecular weight excluding hydrogens is 208 g/mol. The second-order valence-corrected chi connectivity index (χ2v) is 6.68. The lowest BCUT2D eigenvalue weighted by Crippen LogP contribution is -2.55. The lowest BCUT2D eigenvalue weighted by atomic mass is 9.85. The van der Waals surface area contributed by atoms with Crippen molar-refractivity contribution < 1.29 is 0 Å². The van der Waals surface area contributed by atoms with Gasteiger partial charge in [-0.05, 0) is 31.1 Å². The van der Waals surface area contributed by atoms with E-state index in [-0.39, 0.29) is 0 Å². The van der Waals surface area contributed by atoms with Crippen LogP contribution in [0.4, 0.5) is 0 Å². The molecule has 0 saturated carbocycles. The van der Waals surface area contributed by atoms with Gasteiger partial charge in [-0.2, -0.15) is 0 Å². The molecule has 1 N–H and O–H groups in total. The summed E-state index contributed by atoms with van der Waals surface area (Å²) < 4.78 is 0. The zero-order valence-electron chi connectivity index (χ0n) is 11.8. The molecule has 2 nitrogen and oxygen atoms in total. The van der Waals surface area contributed by atoms with Crippen LogP contribution in [0.3, 0.4) is 0 Å². The maximum Gasteiger partial charge on any atom is 0.0244 e. The number of allylic oxidation sites excluding steroid dienone is 1. The molecule has 0 radical (unpaired) electrons. The highest BCUT2D eigenvalue weighted by molar-refractivity contribution is 5.07. The molecule has 1 heterocycles. The van der Waals surface area contributed by atoms with E-state index in [2.05, 4.69) is 37.1 Å². The van der Waals surface area contributed by atoms with Crippen molar-refractivity contribution in [3.8, 4) is 0 Å². The molecule has 17 heavy (non-hydrogen) atoms. The fourth-order valence-electron chi connectivity index (χ4n) is 2.86. The summed E-state index contributed by atoms with van der Waals surface area (Å²) in [5, 5.41) is 3.66. The number of hydrogen-bond donors (Lipinski definition) is 1. The molecule has 2 heteroatoms. The Hall–Kier alpha value is -0.340. The van der Waals surface area contributed by atoms with E-state index >= 15 is 0 Å². The van der Waals surface area contributed by atoms with Crippen LogP contribution in [-0.4, -0.2) is 37.1 Å². The molecular formula is C15H28N2. The summed E-state index contributed by atoms with van der Waals surface area (Å²) >= 11 is 0. The van der Waals surface area contributed by atoms with Gasteiger partial charge in [0.15, 0.2) is 0 Å². The molecule has 0 amide bonds. The van der Waals surface area contributed by atoms with E-state index in [1.165, 1.54) is 45.3 Å². The lowest BCUT2D eigenvalue weighted by Gasteiger charge is -2.40. The predicted molar refractivity (Wildman–Crippen MR) is 74.2 cm³/mol. The summed E-state index contributed by atoms with van der Waals surface area (Å²) in [6, 6.07) is 0.647. The number of nitrogens with zero attached hydrogens (tertiary/aromatic N) is 1. The average molecular weight is 236 g/mol. The first-order valence-corrected chi connectivity index (χ1v) is 7.19. The Kier molecular flexibility index (Phi) is 4.26. The minimum absolute atomic E-state index is 0.380. The fraction of sp³-hybridized carbons (Fsp3) is 0.867. The highest BCUT2D eigenvalue weighted by Gasteiger charge is 2.28. The third-order valence-corrected chi connectivity index (χ3v) is 4.19. The van der Waals surface area contributed by atoms with Crippen molar-refractivity contribution in [2.24, 2.45) is 5.41 Å². The molecule has 1 atom stereocenters. The highest BCUT2D eigenvalue weighted by Crippen LogP contribution is 2.24. The van der Waals surface area contributed by atoms with Crippen LogP contribution in [0.2, 0.25) is 0 Å². The van der Waals surface area contributed by atoms with Crippen LogP contribution in [0.5, 0.6) is 0 Å². The van der Waals surface area contributed by atoms with Gasteiger partial charge in [-0.1, -0.05) is 32.4 Å². The molecule has 0 aromatic carbocycles. The predicted octanol–water partition coefficient (Wildman–Crippen LogP) is 2.81. The van der Waals surface area contributed by atoms with Crippen LogP contribution in [0, 0.1) is 5.41 Å². The third kappa shape index (κ3) is 3.82. The monoisotopic (exact) mass is 236 g/mol. The molecule has 0 bridgehead atoms. The highest BCUT2D eigenvalue weighted by atomic mass is 15.2. The van der Waals surface area contributed by atoms with Crippen molar-refractivity contribution in [1.29, 1.82) is 0 Å². The Morgan fingerprint density at radius 1 is 1.41 bits per heavy atom. The third-order valence-electron chi connectivity index (χ3n) is 4.19.